The summed E-state index contributed by atoms with van der Waals surface area (Å²) in [6, 6.07) is 17.3. The predicted molar refractivity (Wildman–Crippen MR) is 269 cm³/mol. The van der Waals surface area contributed by atoms with Gasteiger partial charge in [-0.2, -0.15) is 29.8 Å². The van der Waals surface area contributed by atoms with Gasteiger partial charge in [0.25, 0.3) is 30.4 Å². The number of benzene rings is 4. The molecule has 0 spiro atoms. The molecule has 13 nitrogen and oxygen atoms in total. The molecule has 3 heterocycles. The van der Waals surface area contributed by atoms with Gasteiger partial charge in [-0.1, -0.05) is 60.1 Å². The van der Waals surface area contributed by atoms with E-state index in [0.717, 1.165) is 57.2 Å². The molecule has 0 fully saturated rings. The number of fused-ring (bicyclic) bond motifs is 6. The van der Waals surface area contributed by atoms with Gasteiger partial charge in [-0.15, -0.1) is 0 Å². The number of hydrogen-bond donors (Lipinski definition) is 3. The van der Waals surface area contributed by atoms with Crippen molar-refractivity contribution >= 4 is 80.3 Å². The quantitative estimate of drug-likeness (QED) is 0.0412. The average Bonchev–Trinajstić information content (AvgIpc) is 3.59. The van der Waals surface area contributed by atoms with E-state index in [0.29, 0.717) is 45.6 Å². The molecule has 0 saturated heterocycles. The molecule has 360 valence electrons. The minimum absolute atomic E-state index is 0.0661. The first kappa shape index (κ1) is 50.5. The lowest BCUT2D eigenvalue weighted by atomic mass is 9.78. The molecule has 0 unspecified atom stereocenters. The SMILES string of the molecule is CCCCN1/C(=C/C=C(/C=C/C2=[N+](CCCS(=O)(=O)O)c3ccc4c(C)cc(S(=O)(=O)O)cc4c3C2(C)C)c2ccc(C(=O)C(C)(C)C)cn2)C(C)(C)c2c1ccc1c(C)cc(S(=O)(=O)O)cc21. The van der Waals surface area contributed by atoms with Gasteiger partial charge in [-0.25, -0.2) is 0 Å². The number of rotatable bonds is 14. The first-order valence-electron chi connectivity index (χ1n) is 22.6. The normalized spacial score (nSPS) is 17.0. The highest BCUT2D eigenvalue weighted by atomic mass is 32.2. The predicted octanol–water partition coefficient (Wildman–Crippen LogP) is 10.5. The zero-order valence-corrected chi connectivity index (χ0v) is 42.6. The summed E-state index contributed by atoms with van der Waals surface area (Å²) in [5, 5.41) is 2.96. The van der Waals surface area contributed by atoms with E-state index in [1.807, 2.05) is 88.6 Å². The van der Waals surface area contributed by atoms with Gasteiger partial charge in [0, 0.05) is 70.2 Å². The molecule has 3 N–H and O–H groups in total. The maximum Gasteiger partial charge on any atom is 0.294 e. The van der Waals surface area contributed by atoms with E-state index in [1.165, 1.54) is 18.2 Å². The minimum atomic E-state index is -4.57. The molecule has 7 rings (SSSR count). The molecule has 68 heavy (non-hydrogen) atoms. The molecule has 5 aromatic rings. The van der Waals surface area contributed by atoms with Crippen molar-refractivity contribution in [1.82, 2.24) is 4.98 Å². The second-order valence-corrected chi connectivity index (χ2v) is 24.4. The molecule has 0 saturated carbocycles. The van der Waals surface area contributed by atoms with E-state index in [1.54, 1.807) is 31.3 Å². The number of nitrogens with zero attached hydrogens (tertiary/aromatic N) is 3. The summed E-state index contributed by atoms with van der Waals surface area (Å²) < 4.78 is 106. The number of Topliss-reactive ketones (excluding diaryl/α,β-unsaturated/α-hetero) is 1. The lowest BCUT2D eigenvalue weighted by Gasteiger charge is -2.27. The third kappa shape index (κ3) is 9.63. The van der Waals surface area contributed by atoms with Crippen molar-refractivity contribution < 1.29 is 48.3 Å². The van der Waals surface area contributed by atoms with Crippen LogP contribution in [0.1, 0.15) is 113 Å². The van der Waals surface area contributed by atoms with E-state index in [4.69, 9.17) is 4.98 Å². The second-order valence-electron chi connectivity index (χ2n) is 20.0. The summed E-state index contributed by atoms with van der Waals surface area (Å²) in [5.74, 6) is -0.561. The van der Waals surface area contributed by atoms with Gasteiger partial charge >= 0.3 is 0 Å². The van der Waals surface area contributed by atoms with Gasteiger partial charge in [0.15, 0.2) is 11.5 Å². The number of ketones is 1. The molecule has 0 radical (unpaired) electrons. The fourth-order valence-corrected chi connectivity index (χ4v) is 11.6. The Morgan fingerprint density at radius 2 is 1.35 bits per heavy atom. The molecule has 4 aromatic carbocycles. The van der Waals surface area contributed by atoms with Crippen molar-refractivity contribution in [1.29, 1.82) is 0 Å². The zero-order valence-electron chi connectivity index (χ0n) is 40.2. The Labute approximate surface area is 400 Å². The summed E-state index contributed by atoms with van der Waals surface area (Å²) in [5.41, 5.74) is 5.80. The number of carbonyl (C=O) groups excluding carboxylic acids is 1. The third-order valence-electron chi connectivity index (χ3n) is 13.2. The van der Waals surface area contributed by atoms with Crippen molar-refractivity contribution in [2.45, 2.75) is 109 Å². The fraction of sp³-hybridized carbons (Fsp3) is 0.365. The van der Waals surface area contributed by atoms with Gasteiger partial charge in [-0.05, 0) is 133 Å². The smallest absolute Gasteiger partial charge is 0.294 e. The van der Waals surface area contributed by atoms with Crippen LogP contribution in [-0.4, -0.2) is 78.8 Å². The number of hydrogen-bond acceptors (Lipinski definition) is 9. The van der Waals surface area contributed by atoms with Crippen LogP contribution in [0.25, 0.3) is 27.1 Å². The van der Waals surface area contributed by atoms with Crippen LogP contribution in [0.4, 0.5) is 11.4 Å². The molecule has 0 bridgehead atoms. The molecule has 0 amide bonds. The van der Waals surface area contributed by atoms with Crippen LogP contribution < -0.4 is 4.90 Å². The van der Waals surface area contributed by atoms with Crippen LogP contribution in [-0.2, 0) is 41.2 Å². The van der Waals surface area contributed by atoms with Gasteiger partial charge in [-0.3, -0.25) is 23.4 Å². The topological polar surface area (TPSA) is 199 Å². The molecular formula is C52H60N3O10S3+. The largest absolute Gasteiger partial charge is 0.344 e. The Kier molecular flexibility index (Phi) is 13.3. The number of unbranched alkanes of at least 4 members (excludes halogenated alkanes) is 1. The molecule has 16 heteroatoms. The number of anilines is 1. The van der Waals surface area contributed by atoms with E-state index >= 15 is 0 Å². The molecule has 0 aliphatic carbocycles. The van der Waals surface area contributed by atoms with Gasteiger partial charge in [0.05, 0.1) is 26.7 Å². The van der Waals surface area contributed by atoms with Gasteiger partial charge < -0.3 is 4.90 Å². The Balaban J connectivity index is 1.45. The number of aromatic nitrogens is 1. The lowest BCUT2D eigenvalue weighted by molar-refractivity contribution is -0.437. The Morgan fingerprint density at radius 1 is 0.765 bits per heavy atom. The maximum absolute atomic E-state index is 13.4. The second kappa shape index (κ2) is 17.9. The standard InChI is InChI=1S/C52H59N3O10S3/c1-11-12-24-54-43-20-17-38-32(2)27-36(67(60,61)62)29-40(38)47(43)51(7,8)45(54)22-15-34(42-19-14-35(31-53-42)49(56)50(4,5)6)16-23-46-52(9,10)48-41-30-37(68(63,64)65)28-33(3)39(41)18-21-44(48)55(46)25-13-26-66(57,58)59/h14-23,27-31H,11-13,24-26H2,1-10H3,(H2-,57,58,59,60,61,62,63,64,65)/p+1. The highest BCUT2D eigenvalue weighted by Crippen LogP contribution is 2.52. The number of pyridine rings is 1. The zero-order chi connectivity index (χ0) is 50.1. The van der Waals surface area contributed by atoms with Crippen molar-refractivity contribution in [2.24, 2.45) is 5.41 Å². The van der Waals surface area contributed by atoms with Crippen LogP contribution in [0, 0.1) is 19.3 Å². The minimum Gasteiger partial charge on any atom is -0.344 e. The summed E-state index contributed by atoms with van der Waals surface area (Å²) >= 11 is 0. The van der Waals surface area contributed by atoms with Crippen molar-refractivity contribution in [2.75, 3.05) is 23.7 Å². The maximum atomic E-state index is 13.4. The summed E-state index contributed by atoms with van der Waals surface area (Å²) in [6.45, 7) is 20.2. The van der Waals surface area contributed by atoms with Crippen LogP contribution in [0.15, 0.2) is 107 Å². The Bertz CT molecular complexity index is 3400. The molecular weight excluding hydrogens is 923 g/mol. The fourth-order valence-electron chi connectivity index (χ4n) is 9.90. The molecule has 2 aliphatic heterocycles. The van der Waals surface area contributed by atoms with Crippen LogP contribution in [0.5, 0.6) is 0 Å². The van der Waals surface area contributed by atoms with Crippen LogP contribution in [0.2, 0.25) is 0 Å². The Morgan fingerprint density at radius 3 is 1.88 bits per heavy atom. The lowest BCUT2D eigenvalue weighted by Crippen LogP contribution is -2.28. The number of aryl methyl sites for hydroxylation is 2. The molecule has 1 aromatic heterocycles. The van der Waals surface area contributed by atoms with Crippen LogP contribution >= 0.6 is 0 Å². The van der Waals surface area contributed by atoms with Crippen LogP contribution in [0.3, 0.4) is 0 Å². The Hall–Kier alpha value is -5.36. The highest BCUT2D eigenvalue weighted by molar-refractivity contribution is 7.86. The van der Waals surface area contributed by atoms with Crippen molar-refractivity contribution in [3.63, 3.8) is 0 Å². The summed E-state index contributed by atoms with van der Waals surface area (Å²) in [7, 11) is -13.4. The van der Waals surface area contributed by atoms with Crippen molar-refractivity contribution in [3.8, 4) is 0 Å². The first-order valence-corrected chi connectivity index (χ1v) is 27.1. The van der Waals surface area contributed by atoms with E-state index in [2.05, 4.69) is 31.7 Å². The number of allylic oxidation sites excluding steroid dienone is 6. The van der Waals surface area contributed by atoms with Gasteiger partial charge in [0.1, 0.15) is 6.54 Å². The van der Waals surface area contributed by atoms with Gasteiger partial charge in [0.2, 0.25) is 5.69 Å². The molecule has 2 aliphatic rings. The monoisotopic (exact) mass is 982 g/mol. The van der Waals surface area contributed by atoms with E-state index in [9.17, 15) is 43.7 Å². The molecule has 0 atom stereocenters. The highest BCUT2D eigenvalue weighted by Gasteiger charge is 2.46. The van der Waals surface area contributed by atoms with E-state index < -0.39 is 52.4 Å². The van der Waals surface area contributed by atoms with Crippen molar-refractivity contribution in [3.05, 3.63) is 130 Å². The average molecular weight is 983 g/mol. The first-order chi connectivity index (χ1) is 31.5. The van der Waals surface area contributed by atoms with E-state index in [-0.39, 0.29) is 28.5 Å². The number of carbonyl (C=O) groups is 1. The summed E-state index contributed by atoms with van der Waals surface area (Å²) in [4.78, 5) is 20.0. The third-order valence-corrected chi connectivity index (χ3v) is 15.7. The summed E-state index contributed by atoms with van der Waals surface area (Å²) in [6.07, 6.45) is 11.2.